The lowest BCUT2D eigenvalue weighted by atomic mass is 9.61. The highest BCUT2D eigenvalue weighted by atomic mass is 16.7. The Labute approximate surface area is 290 Å². The maximum absolute atomic E-state index is 12.6. The number of esters is 1. The molecule has 5 aliphatic rings. The molecule has 13 heteroatoms. The smallest absolute Gasteiger partial charge is 0.333 e. The molecule has 0 aromatic carbocycles. The fraction of sp³-hybridized carbons (Fsp3) is 0.676. The summed E-state index contributed by atoms with van der Waals surface area (Å²) >= 11 is 0. The van der Waals surface area contributed by atoms with E-state index >= 15 is 0 Å². The minimum absolute atomic E-state index is 0.0426. The molecule has 2 bridgehead atoms. The average molecular weight is 701 g/mol. The largest absolute Gasteiger partial charge is 0.658 e. The number of carbonyl (C=O) groups excluding carboxylic acids is 1. The first kappa shape index (κ1) is 36.7. The molecule has 6 N–H and O–H groups in total. The molecule has 2 aliphatic heterocycles. The zero-order valence-electron chi connectivity index (χ0n) is 28.8. The summed E-state index contributed by atoms with van der Waals surface area (Å²) in [7, 11) is 1.20. The van der Waals surface area contributed by atoms with E-state index in [1.54, 1.807) is 0 Å². The van der Waals surface area contributed by atoms with E-state index in [1.165, 1.54) is 32.1 Å². The van der Waals surface area contributed by atoms with Crippen LogP contribution in [0.15, 0.2) is 30.4 Å². The van der Waals surface area contributed by atoms with Gasteiger partial charge in [-0.05, 0) is 61.2 Å². The number of hydrogen-bond acceptors (Lipinski definition) is 11. The van der Waals surface area contributed by atoms with Gasteiger partial charge in [-0.1, -0.05) is 43.3 Å². The van der Waals surface area contributed by atoms with Crippen molar-refractivity contribution in [3.63, 3.8) is 0 Å². The number of hydrogen-bond donors (Lipinski definition) is 6. The van der Waals surface area contributed by atoms with Gasteiger partial charge in [0.15, 0.2) is 11.2 Å². The highest BCUT2D eigenvalue weighted by Crippen LogP contribution is 2.57. The van der Waals surface area contributed by atoms with Crippen molar-refractivity contribution in [3.8, 4) is 0 Å². The van der Waals surface area contributed by atoms with Gasteiger partial charge in [-0.15, -0.1) is 6.58 Å². The zero-order chi connectivity index (χ0) is 36.0. The summed E-state index contributed by atoms with van der Waals surface area (Å²) in [5, 5.41) is 67.7. The van der Waals surface area contributed by atoms with Crippen LogP contribution in [-0.2, 0) is 28.5 Å². The molecule has 0 amide bonds. The van der Waals surface area contributed by atoms with E-state index < -0.39 is 78.7 Å². The number of rotatable bonds is 13. The molecule has 50 heavy (non-hydrogen) atoms. The van der Waals surface area contributed by atoms with Crippen LogP contribution in [0.5, 0.6) is 0 Å². The number of fused-ring (bicyclic) bond motifs is 2. The van der Waals surface area contributed by atoms with Crippen LogP contribution in [0.4, 0.5) is 0 Å². The van der Waals surface area contributed by atoms with Crippen molar-refractivity contribution in [3.05, 3.63) is 46.6 Å². The molecule has 0 radical (unpaired) electrons. The first-order chi connectivity index (χ1) is 23.9. The topological polar surface area (TPSA) is 207 Å². The second-order valence-electron chi connectivity index (χ2n) is 14.5. The van der Waals surface area contributed by atoms with Crippen molar-refractivity contribution in [1.82, 2.24) is 4.98 Å². The first-order valence-electron chi connectivity index (χ1n) is 17.8. The van der Waals surface area contributed by atoms with E-state index in [-0.39, 0.29) is 43.8 Å². The van der Waals surface area contributed by atoms with Gasteiger partial charge in [0.1, 0.15) is 18.8 Å². The van der Waals surface area contributed by atoms with Crippen LogP contribution in [0, 0.1) is 17.8 Å². The lowest BCUT2D eigenvalue weighted by Gasteiger charge is -2.64. The molecule has 1 aromatic heterocycles. The van der Waals surface area contributed by atoms with Crippen molar-refractivity contribution >= 4 is 23.3 Å². The van der Waals surface area contributed by atoms with Crippen LogP contribution in [0.25, 0.3) is 11.3 Å². The number of ether oxygens (including phenoxy) is 4. The molecule has 2 saturated carbocycles. The number of aliphatic hydroxyl groups is 5. The molecule has 1 saturated heterocycles. The Kier molecular flexibility index (Phi) is 10.4. The molecular formula is C37H50NO12-. The predicted molar refractivity (Wildman–Crippen MR) is 177 cm³/mol. The summed E-state index contributed by atoms with van der Waals surface area (Å²) in [5.74, 6) is -4.78. The third-order valence-electron chi connectivity index (χ3n) is 12.0. The van der Waals surface area contributed by atoms with Crippen LogP contribution < -0.4 is 15.6 Å². The molecular weight excluding hydrogens is 650 g/mol. The summed E-state index contributed by atoms with van der Waals surface area (Å²) in [6, 6.07) is 2.03. The summed E-state index contributed by atoms with van der Waals surface area (Å²) in [6.07, 6.45) is 3.78. The molecule has 1 aromatic rings. The van der Waals surface area contributed by atoms with Gasteiger partial charge in [0.2, 0.25) is 5.79 Å². The zero-order valence-corrected chi connectivity index (χ0v) is 28.8. The highest BCUT2D eigenvalue weighted by molar-refractivity contribution is 5.90. The minimum Gasteiger partial charge on any atom is -0.658 e. The fourth-order valence-corrected chi connectivity index (χ4v) is 9.36. The lowest BCUT2D eigenvalue weighted by Crippen LogP contribution is -2.83. The third kappa shape index (κ3) is 5.65. The quantitative estimate of drug-likeness (QED) is 0.123. The maximum Gasteiger partial charge on any atom is 0.333 e. The van der Waals surface area contributed by atoms with Gasteiger partial charge in [-0.2, -0.15) is 5.69 Å². The number of aliphatic carboxylic acids is 1. The monoisotopic (exact) mass is 700 g/mol. The standard InChI is InChI=1S/C37H50NO12/c1-4-22-24(17-31(42)43)23(33(44)47-3)11-12-28(22)48-36(19-41)35(46)14-13-26-25-16-27(20(2)21-8-5-6-9-21)38-32(25)29(10-7-15-39)49-37(26,34(35)45)30(18-40)50-36/h4,11,16,20-22,24,28,30,34,39-41,45-46H,1,5-10,12-15,17-19H2,2-3H3,(H,42,43)/q-1. The van der Waals surface area contributed by atoms with E-state index in [2.05, 4.69) is 13.5 Å². The maximum atomic E-state index is 12.6. The molecule has 3 heterocycles. The van der Waals surface area contributed by atoms with Crippen LogP contribution in [0.3, 0.4) is 0 Å². The Morgan fingerprint density at radius 1 is 1.22 bits per heavy atom. The number of aromatic nitrogens is 1. The molecule has 9 atom stereocenters. The van der Waals surface area contributed by atoms with Gasteiger partial charge >= 0.3 is 11.9 Å². The molecule has 276 valence electrons. The Morgan fingerprint density at radius 3 is 2.58 bits per heavy atom. The summed E-state index contributed by atoms with van der Waals surface area (Å²) in [5.41, 5.74) is -2.39. The van der Waals surface area contributed by atoms with E-state index in [0.717, 1.165) is 23.8 Å². The number of carboxylic acids is 1. The predicted octanol–water partition coefficient (Wildman–Crippen LogP) is 0.485. The van der Waals surface area contributed by atoms with Crippen molar-refractivity contribution in [1.29, 1.82) is 0 Å². The van der Waals surface area contributed by atoms with E-state index in [9.17, 15) is 40.2 Å². The second kappa shape index (κ2) is 14.2. The van der Waals surface area contributed by atoms with Crippen LogP contribution in [-0.4, -0.2) is 105 Å². The normalized spacial score (nSPS) is 35.8. The minimum atomic E-state index is -2.30. The van der Waals surface area contributed by atoms with Gasteiger partial charge in [0.05, 0.1) is 32.0 Å². The second-order valence-corrected chi connectivity index (χ2v) is 14.5. The number of carboxylic acid groups (broad SMARTS) is 1. The van der Waals surface area contributed by atoms with E-state index in [1.807, 2.05) is 6.07 Å². The van der Waals surface area contributed by atoms with Crippen LogP contribution >= 0.6 is 0 Å². The van der Waals surface area contributed by atoms with Gasteiger partial charge in [0.25, 0.3) is 0 Å². The van der Waals surface area contributed by atoms with Crippen molar-refractivity contribution in [2.24, 2.45) is 17.8 Å². The molecule has 9 unspecified atom stereocenters. The van der Waals surface area contributed by atoms with Crippen molar-refractivity contribution in [2.75, 3.05) is 26.9 Å². The Morgan fingerprint density at radius 2 is 1.96 bits per heavy atom. The Hall–Kier alpha value is -3.04. The molecule has 3 aliphatic carbocycles. The molecule has 6 rings (SSSR count). The van der Waals surface area contributed by atoms with Gasteiger partial charge in [-0.25, -0.2) is 4.79 Å². The van der Waals surface area contributed by atoms with Crippen LogP contribution in [0.1, 0.15) is 82.7 Å². The Bertz CT molecular complexity index is 1630. The van der Waals surface area contributed by atoms with E-state index in [0.29, 0.717) is 29.0 Å². The van der Waals surface area contributed by atoms with E-state index in [4.69, 9.17) is 23.9 Å². The SMILES string of the molecule is C=CC1C(OC2(CO)OC(CO)C34OC(CCCO)=c5[n-]c(C(C)C6CCCC6)cc5=C3CCC2(O)C4O)CC=C(C(=O)OC)C1CC(=O)O. The number of aliphatic hydroxyl groups excluding tert-OH is 4. The number of nitrogens with zero attached hydrogens (tertiary/aromatic N) is 1. The average Bonchev–Trinajstić information content (AvgIpc) is 3.81. The number of methoxy groups -OCH3 is 1. The molecule has 1 spiro atoms. The van der Waals surface area contributed by atoms with Gasteiger partial charge in [0, 0.05) is 30.4 Å². The summed E-state index contributed by atoms with van der Waals surface area (Å²) in [6.45, 7) is 4.30. The van der Waals surface area contributed by atoms with Gasteiger partial charge < -0.3 is 54.6 Å². The summed E-state index contributed by atoms with van der Waals surface area (Å²) < 4.78 is 24.6. The molecule has 13 nitrogen and oxygen atoms in total. The third-order valence-corrected chi connectivity index (χ3v) is 12.0. The Balaban J connectivity index is 1.43. The van der Waals surface area contributed by atoms with Crippen molar-refractivity contribution < 1.29 is 59.2 Å². The van der Waals surface area contributed by atoms with Gasteiger partial charge in [-0.3, -0.25) is 4.79 Å². The lowest BCUT2D eigenvalue weighted by molar-refractivity contribution is -0.434. The highest BCUT2D eigenvalue weighted by Gasteiger charge is 2.75. The summed E-state index contributed by atoms with van der Waals surface area (Å²) in [4.78, 5) is 29.5. The van der Waals surface area contributed by atoms with Crippen molar-refractivity contribution in [2.45, 2.75) is 112 Å². The number of carbonyl (C=O) groups is 2. The molecule has 3 fully saturated rings. The first-order valence-corrected chi connectivity index (χ1v) is 17.8. The van der Waals surface area contributed by atoms with Crippen LogP contribution in [0.2, 0.25) is 0 Å². The fourth-order valence-electron chi connectivity index (χ4n) is 9.36.